The van der Waals surface area contributed by atoms with Crippen molar-refractivity contribution in [2.24, 2.45) is 23.5 Å². The van der Waals surface area contributed by atoms with Gasteiger partial charge in [0, 0.05) is 12.6 Å². The zero-order valence-corrected chi connectivity index (χ0v) is 13.6. The zero-order valence-electron chi connectivity index (χ0n) is 13.6. The minimum atomic E-state index is -0.00812. The lowest BCUT2D eigenvalue weighted by atomic mass is 9.84. The molecule has 4 rings (SSSR count). The van der Waals surface area contributed by atoms with Crippen molar-refractivity contribution in [3.63, 3.8) is 0 Å². The predicted octanol–water partition coefficient (Wildman–Crippen LogP) is 1.32. The number of nitrogens with two attached hydrogens (primary N) is 1. The van der Waals surface area contributed by atoms with Crippen molar-refractivity contribution in [2.75, 3.05) is 0 Å². The molecule has 4 atom stereocenters. The van der Waals surface area contributed by atoms with Crippen molar-refractivity contribution in [3.05, 3.63) is 48.0 Å². The molecule has 2 saturated carbocycles. The quantitative estimate of drug-likeness (QED) is 0.868. The molecule has 24 heavy (non-hydrogen) atoms. The number of rotatable bonds is 5. The molecule has 0 aliphatic heterocycles. The molecule has 0 saturated heterocycles. The lowest BCUT2D eigenvalue weighted by molar-refractivity contribution is -0.127. The van der Waals surface area contributed by atoms with Gasteiger partial charge in [-0.1, -0.05) is 24.3 Å². The molecule has 6 nitrogen and oxygen atoms in total. The van der Waals surface area contributed by atoms with Crippen LogP contribution in [0.15, 0.2) is 36.9 Å². The average Bonchev–Trinajstić information content (AvgIpc) is 3.31. The van der Waals surface area contributed by atoms with Gasteiger partial charge in [-0.3, -0.25) is 4.79 Å². The van der Waals surface area contributed by atoms with Crippen LogP contribution in [0.4, 0.5) is 0 Å². The van der Waals surface area contributed by atoms with Gasteiger partial charge in [0.25, 0.3) is 0 Å². The Morgan fingerprint density at radius 2 is 2.04 bits per heavy atom. The van der Waals surface area contributed by atoms with E-state index in [9.17, 15) is 4.79 Å². The second kappa shape index (κ2) is 6.36. The molecule has 2 bridgehead atoms. The molecule has 3 N–H and O–H groups in total. The van der Waals surface area contributed by atoms with Crippen LogP contribution in [0.25, 0.3) is 0 Å². The molecular formula is C18H23N5O. The van der Waals surface area contributed by atoms with Gasteiger partial charge in [-0.15, -0.1) is 0 Å². The van der Waals surface area contributed by atoms with Crippen LogP contribution in [0.2, 0.25) is 0 Å². The minimum Gasteiger partial charge on any atom is -0.352 e. The van der Waals surface area contributed by atoms with Crippen LogP contribution in [-0.4, -0.2) is 26.7 Å². The first-order chi connectivity index (χ1) is 11.7. The lowest BCUT2D eigenvalue weighted by Crippen LogP contribution is -2.45. The summed E-state index contributed by atoms with van der Waals surface area (Å²) < 4.78 is 1.78. The predicted molar refractivity (Wildman–Crippen MR) is 89.7 cm³/mol. The summed E-state index contributed by atoms with van der Waals surface area (Å²) in [6.45, 7) is 1.18. The highest BCUT2D eigenvalue weighted by Crippen LogP contribution is 2.47. The molecule has 6 heteroatoms. The van der Waals surface area contributed by atoms with Crippen LogP contribution in [0.3, 0.4) is 0 Å². The van der Waals surface area contributed by atoms with Gasteiger partial charge < -0.3 is 11.1 Å². The van der Waals surface area contributed by atoms with Crippen molar-refractivity contribution in [3.8, 4) is 0 Å². The van der Waals surface area contributed by atoms with Crippen LogP contribution >= 0.6 is 0 Å². The first-order valence-electron chi connectivity index (χ1n) is 8.65. The molecule has 1 heterocycles. The maximum Gasteiger partial charge on any atom is 0.225 e. The maximum absolute atomic E-state index is 12.6. The molecule has 1 aromatic heterocycles. The first-order valence-corrected chi connectivity index (χ1v) is 8.65. The highest BCUT2D eigenvalue weighted by molar-refractivity contribution is 5.80. The zero-order chi connectivity index (χ0) is 16.5. The fraction of sp³-hybridized carbons (Fsp3) is 0.500. The van der Waals surface area contributed by atoms with Crippen molar-refractivity contribution >= 4 is 5.91 Å². The SMILES string of the molecule is NC1C2CCC(C2)C1C(=O)NCc1ccccc1Cn1cncn1. The van der Waals surface area contributed by atoms with Gasteiger partial charge in [0.05, 0.1) is 12.5 Å². The monoisotopic (exact) mass is 325 g/mol. The molecule has 1 amide bonds. The Morgan fingerprint density at radius 1 is 1.25 bits per heavy atom. The van der Waals surface area contributed by atoms with Gasteiger partial charge in [0.15, 0.2) is 0 Å². The van der Waals surface area contributed by atoms with Crippen molar-refractivity contribution in [2.45, 2.75) is 38.4 Å². The number of nitrogens with zero attached hydrogens (tertiary/aromatic N) is 3. The third-order valence-electron chi connectivity index (χ3n) is 5.65. The van der Waals surface area contributed by atoms with E-state index in [2.05, 4.69) is 21.5 Å². The summed E-state index contributed by atoms with van der Waals surface area (Å²) >= 11 is 0. The Bertz CT molecular complexity index is 712. The van der Waals surface area contributed by atoms with Gasteiger partial charge in [-0.2, -0.15) is 5.10 Å². The van der Waals surface area contributed by atoms with Crippen molar-refractivity contribution < 1.29 is 4.79 Å². The van der Waals surface area contributed by atoms with E-state index in [1.165, 1.54) is 12.7 Å². The highest BCUT2D eigenvalue weighted by atomic mass is 16.1. The largest absolute Gasteiger partial charge is 0.352 e. The summed E-state index contributed by atoms with van der Waals surface area (Å²) in [5.74, 6) is 1.14. The van der Waals surface area contributed by atoms with E-state index in [0.29, 0.717) is 24.9 Å². The van der Waals surface area contributed by atoms with E-state index >= 15 is 0 Å². The van der Waals surface area contributed by atoms with Gasteiger partial charge >= 0.3 is 0 Å². The van der Waals surface area contributed by atoms with E-state index in [1.807, 2.05) is 18.2 Å². The van der Waals surface area contributed by atoms with Crippen LogP contribution in [0, 0.1) is 17.8 Å². The second-order valence-corrected chi connectivity index (χ2v) is 7.02. The fourth-order valence-electron chi connectivity index (χ4n) is 4.40. The summed E-state index contributed by atoms with van der Waals surface area (Å²) in [5.41, 5.74) is 8.52. The van der Waals surface area contributed by atoms with E-state index < -0.39 is 0 Å². The minimum absolute atomic E-state index is 0.00812. The number of hydrogen-bond acceptors (Lipinski definition) is 4. The molecular weight excluding hydrogens is 302 g/mol. The fourth-order valence-corrected chi connectivity index (χ4v) is 4.40. The van der Waals surface area contributed by atoms with E-state index in [4.69, 9.17) is 5.73 Å². The Balaban J connectivity index is 1.42. The number of aromatic nitrogens is 3. The second-order valence-electron chi connectivity index (χ2n) is 7.02. The summed E-state index contributed by atoms with van der Waals surface area (Å²) in [4.78, 5) is 16.6. The number of carbonyl (C=O) groups excluding carboxylic acids is 1. The van der Waals surface area contributed by atoms with Crippen LogP contribution in [0.5, 0.6) is 0 Å². The molecule has 1 aromatic carbocycles. The number of carbonyl (C=O) groups is 1. The Morgan fingerprint density at radius 3 is 2.75 bits per heavy atom. The molecule has 126 valence electrons. The Hall–Kier alpha value is -2.21. The molecule has 2 aliphatic carbocycles. The third-order valence-corrected chi connectivity index (χ3v) is 5.65. The normalized spacial score (nSPS) is 28.2. The number of benzene rings is 1. The van der Waals surface area contributed by atoms with Gasteiger partial charge in [0.2, 0.25) is 5.91 Å². The summed E-state index contributed by atoms with van der Waals surface area (Å²) in [6.07, 6.45) is 6.70. The Kier molecular flexibility index (Phi) is 4.06. The van der Waals surface area contributed by atoms with Gasteiger partial charge in [-0.25, -0.2) is 9.67 Å². The van der Waals surface area contributed by atoms with Crippen LogP contribution < -0.4 is 11.1 Å². The number of fused-ring (bicyclic) bond motifs is 2. The van der Waals surface area contributed by atoms with Crippen LogP contribution in [-0.2, 0) is 17.9 Å². The standard InChI is InChI=1S/C18H23N5O/c19-17-13-6-5-12(7-13)16(17)18(24)21-8-14-3-1-2-4-15(14)9-23-11-20-10-22-23/h1-4,10-13,16-17H,5-9,19H2,(H,21,24). The van der Waals surface area contributed by atoms with Crippen LogP contribution in [0.1, 0.15) is 30.4 Å². The molecule has 2 fully saturated rings. The van der Waals surface area contributed by atoms with Crippen molar-refractivity contribution in [1.82, 2.24) is 20.1 Å². The maximum atomic E-state index is 12.6. The molecule has 4 unspecified atom stereocenters. The van der Waals surface area contributed by atoms with E-state index in [1.54, 1.807) is 11.0 Å². The number of nitrogens with one attached hydrogen (secondary N) is 1. The van der Waals surface area contributed by atoms with Gasteiger partial charge in [0.1, 0.15) is 12.7 Å². The third kappa shape index (κ3) is 2.82. The van der Waals surface area contributed by atoms with E-state index in [-0.39, 0.29) is 17.9 Å². The smallest absolute Gasteiger partial charge is 0.225 e. The van der Waals surface area contributed by atoms with Crippen molar-refractivity contribution in [1.29, 1.82) is 0 Å². The number of hydrogen-bond donors (Lipinski definition) is 2. The summed E-state index contributed by atoms with van der Waals surface area (Å²) in [6, 6.07) is 8.15. The topological polar surface area (TPSA) is 85.8 Å². The van der Waals surface area contributed by atoms with E-state index in [0.717, 1.165) is 24.0 Å². The highest BCUT2D eigenvalue weighted by Gasteiger charge is 2.48. The summed E-state index contributed by atoms with van der Waals surface area (Å²) in [5, 5.41) is 7.26. The summed E-state index contributed by atoms with van der Waals surface area (Å²) in [7, 11) is 0. The average molecular weight is 325 g/mol. The number of amides is 1. The molecule has 0 radical (unpaired) electrons. The lowest BCUT2D eigenvalue weighted by Gasteiger charge is -2.27. The molecule has 0 spiro atoms. The molecule has 2 aliphatic rings. The first kappa shape index (κ1) is 15.3. The Labute approximate surface area is 141 Å². The van der Waals surface area contributed by atoms with Gasteiger partial charge in [-0.05, 0) is 42.2 Å². The molecule has 2 aromatic rings.